The van der Waals surface area contributed by atoms with Crippen LogP contribution in [0.3, 0.4) is 0 Å². The number of hydrogen-bond acceptors (Lipinski definition) is 5. The van der Waals surface area contributed by atoms with Crippen LogP contribution in [0.5, 0.6) is 0 Å². The molecule has 0 saturated carbocycles. The second-order valence-corrected chi connectivity index (χ2v) is 9.29. The van der Waals surface area contributed by atoms with Crippen LogP contribution in [0.2, 0.25) is 0 Å². The standard InChI is InChI=1S/C25H24F4N4O3/c26-20-3-1-2-16(11-20)22-30-23(36-31-22)18-10-17(15-4-6-19(7-5-15)25(27,28)29)12-33(13-18)24(35)32-9-8-21(34)14-32/h1-7,11,17-18,21,34H,8-10,12-14H2. The Bertz CT molecular complexity index is 1230. The van der Waals surface area contributed by atoms with E-state index in [1.807, 2.05) is 0 Å². The summed E-state index contributed by atoms with van der Waals surface area (Å²) in [5.74, 6) is -0.611. The van der Waals surface area contributed by atoms with E-state index in [4.69, 9.17) is 4.52 Å². The summed E-state index contributed by atoms with van der Waals surface area (Å²) >= 11 is 0. The average molecular weight is 504 g/mol. The van der Waals surface area contributed by atoms with Crippen molar-refractivity contribution >= 4 is 6.03 Å². The fourth-order valence-electron chi connectivity index (χ4n) is 4.88. The molecule has 1 N–H and O–H groups in total. The predicted molar refractivity (Wildman–Crippen MR) is 120 cm³/mol. The van der Waals surface area contributed by atoms with Crippen molar-refractivity contribution in [2.24, 2.45) is 0 Å². The summed E-state index contributed by atoms with van der Waals surface area (Å²) in [5.41, 5.74) is 0.366. The Kier molecular flexibility index (Phi) is 6.42. The quantitative estimate of drug-likeness (QED) is 0.525. The van der Waals surface area contributed by atoms with Crippen LogP contribution >= 0.6 is 0 Å². The van der Waals surface area contributed by atoms with E-state index in [9.17, 15) is 27.5 Å². The number of piperidine rings is 1. The normalized spacial score (nSPS) is 22.8. The van der Waals surface area contributed by atoms with Crippen molar-refractivity contribution in [2.75, 3.05) is 26.2 Å². The Morgan fingerprint density at radius 3 is 2.44 bits per heavy atom. The third kappa shape index (κ3) is 5.06. The third-order valence-electron chi connectivity index (χ3n) is 6.74. The zero-order valence-electron chi connectivity index (χ0n) is 19.2. The molecule has 2 fully saturated rings. The molecule has 2 amide bonds. The lowest BCUT2D eigenvalue weighted by Gasteiger charge is -2.38. The van der Waals surface area contributed by atoms with E-state index in [0.29, 0.717) is 37.1 Å². The van der Waals surface area contributed by atoms with E-state index in [2.05, 4.69) is 10.1 Å². The number of nitrogens with zero attached hydrogens (tertiary/aromatic N) is 4. The van der Waals surface area contributed by atoms with E-state index < -0.39 is 23.7 Å². The highest BCUT2D eigenvalue weighted by Gasteiger charge is 2.38. The van der Waals surface area contributed by atoms with Crippen LogP contribution in [-0.2, 0) is 6.18 Å². The zero-order valence-corrected chi connectivity index (χ0v) is 19.2. The van der Waals surface area contributed by atoms with Gasteiger partial charge in [0.1, 0.15) is 5.82 Å². The molecule has 0 radical (unpaired) electrons. The van der Waals surface area contributed by atoms with Crippen LogP contribution in [0.15, 0.2) is 53.1 Å². The molecule has 2 aliphatic rings. The van der Waals surface area contributed by atoms with Crippen molar-refractivity contribution in [1.82, 2.24) is 19.9 Å². The Morgan fingerprint density at radius 1 is 1.03 bits per heavy atom. The summed E-state index contributed by atoms with van der Waals surface area (Å²) in [4.78, 5) is 20.9. The van der Waals surface area contributed by atoms with Gasteiger partial charge in [-0.1, -0.05) is 29.4 Å². The summed E-state index contributed by atoms with van der Waals surface area (Å²) in [6.07, 6.45) is -4.05. The van der Waals surface area contributed by atoms with Gasteiger partial charge in [0, 0.05) is 37.7 Å². The second-order valence-electron chi connectivity index (χ2n) is 9.29. The van der Waals surface area contributed by atoms with Crippen LogP contribution in [0.25, 0.3) is 11.4 Å². The summed E-state index contributed by atoms with van der Waals surface area (Å²) in [6, 6.07) is 10.5. The number of carbonyl (C=O) groups is 1. The molecule has 0 bridgehead atoms. The van der Waals surface area contributed by atoms with Crippen LogP contribution in [-0.4, -0.2) is 63.4 Å². The van der Waals surface area contributed by atoms with Gasteiger partial charge < -0.3 is 19.4 Å². The molecule has 1 aromatic heterocycles. The molecule has 190 valence electrons. The van der Waals surface area contributed by atoms with Gasteiger partial charge in [-0.3, -0.25) is 0 Å². The van der Waals surface area contributed by atoms with E-state index in [0.717, 1.165) is 12.1 Å². The zero-order chi connectivity index (χ0) is 25.4. The minimum absolute atomic E-state index is 0.210. The molecule has 2 saturated heterocycles. The van der Waals surface area contributed by atoms with E-state index in [1.165, 1.54) is 30.3 Å². The van der Waals surface area contributed by atoms with Crippen molar-refractivity contribution < 1.29 is 32.0 Å². The summed E-state index contributed by atoms with van der Waals surface area (Å²) in [5, 5.41) is 13.8. The van der Waals surface area contributed by atoms with E-state index in [1.54, 1.807) is 15.9 Å². The molecule has 7 nitrogen and oxygen atoms in total. The molecule has 2 aliphatic heterocycles. The van der Waals surface area contributed by atoms with Gasteiger partial charge in [-0.05, 0) is 42.7 Å². The molecular weight excluding hydrogens is 480 g/mol. The number of aromatic nitrogens is 2. The van der Waals surface area contributed by atoms with Gasteiger partial charge in [0.25, 0.3) is 0 Å². The molecule has 3 aromatic rings. The maximum Gasteiger partial charge on any atom is 0.416 e. The third-order valence-corrected chi connectivity index (χ3v) is 6.74. The van der Waals surface area contributed by atoms with E-state index >= 15 is 0 Å². The molecule has 0 aliphatic carbocycles. The molecule has 36 heavy (non-hydrogen) atoms. The number of rotatable bonds is 3. The fraction of sp³-hybridized carbons (Fsp3) is 0.400. The van der Waals surface area contributed by atoms with Gasteiger partial charge in [-0.2, -0.15) is 18.2 Å². The maximum absolute atomic E-state index is 13.6. The SMILES string of the molecule is O=C(N1CCC(O)C1)N1CC(c2ccc(C(F)(F)F)cc2)CC(c2nc(-c3cccc(F)c3)no2)C1. The lowest BCUT2D eigenvalue weighted by atomic mass is 9.84. The second kappa shape index (κ2) is 9.53. The molecule has 5 rings (SSSR count). The number of benzene rings is 2. The molecular formula is C25H24F4N4O3. The average Bonchev–Trinajstić information content (AvgIpc) is 3.53. The van der Waals surface area contributed by atoms with E-state index in [-0.39, 0.29) is 42.7 Å². The number of halogens is 4. The fourth-order valence-corrected chi connectivity index (χ4v) is 4.88. The summed E-state index contributed by atoms with van der Waals surface area (Å²) < 4.78 is 58.3. The number of likely N-dealkylation sites (tertiary alicyclic amines) is 2. The first-order valence-corrected chi connectivity index (χ1v) is 11.7. The molecule has 2 aromatic carbocycles. The first-order chi connectivity index (χ1) is 17.2. The number of β-amino-alcohol motifs (C(OH)–C–C–N with tert-alkyl or cyclic N) is 1. The number of urea groups is 1. The van der Waals surface area contributed by atoms with Crippen molar-refractivity contribution in [3.05, 3.63) is 71.4 Å². The lowest BCUT2D eigenvalue weighted by Crippen LogP contribution is -2.48. The number of alkyl halides is 3. The van der Waals surface area contributed by atoms with Gasteiger partial charge in [0.2, 0.25) is 11.7 Å². The minimum atomic E-state index is -4.44. The molecule has 3 unspecified atom stereocenters. The van der Waals surface area contributed by atoms with Crippen LogP contribution in [0, 0.1) is 5.82 Å². The number of hydrogen-bond donors (Lipinski definition) is 1. The van der Waals surface area contributed by atoms with Gasteiger partial charge in [0.15, 0.2) is 0 Å². The Morgan fingerprint density at radius 2 is 1.78 bits per heavy atom. The molecule has 3 atom stereocenters. The monoisotopic (exact) mass is 504 g/mol. The molecule has 0 spiro atoms. The van der Waals surface area contributed by atoms with Gasteiger partial charge in [0.05, 0.1) is 17.6 Å². The predicted octanol–water partition coefficient (Wildman–Crippen LogP) is 4.65. The minimum Gasteiger partial charge on any atom is -0.391 e. The summed E-state index contributed by atoms with van der Waals surface area (Å²) in [6.45, 7) is 1.23. The van der Waals surface area contributed by atoms with Gasteiger partial charge >= 0.3 is 12.2 Å². The largest absolute Gasteiger partial charge is 0.416 e. The van der Waals surface area contributed by atoms with Crippen molar-refractivity contribution in [3.8, 4) is 11.4 Å². The number of carbonyl (C=O) groups excluding carboxylic acids is 1. The first-order valence-electron chi connectivity index (χ1n) is 11.7. The first kappa shape index (κ1) is 24.2. The highest BCUT2D eigenvalue weighted by Crippen LogP contribution is 2.38. The highest BCUT2D eigenvalue weighted by molar-refractivity contribution is 5.75. The number of amides is 2. The van der Waals surface area contributed by atoms with Gasteiger partial charge in [-0.15, -0.1) is 0 Å². The van der Waals surface area contributed by atoms with Crippen molar-refractivity contribution in [2.45, 2.75) is 37.0 Å². The number of aliphatic hydroxyl groups is 1. The lowest BCUT2D eigenvalue weighted by molar-refractivity contribution is -0.137. The highest BCUT2D eigenvalue weighted by atomic mass is 19.4. The Hall–Kier alpha value is -3.47. The van der Waals surface area contributed by atoms with Crippen LogP contribution in [0.4, 0.5) is 22.4 Å². The molecule has 11 heteroatoms. The van der Waals surface area contributed by atoms with Gasteiger partial charge in [-0.25, -0.2) is 9.18 Å². The molecule has 3 heterocycles. The maximum atomic E-state index is 13.6. The van der Waals surface area contributed by atoms with Crippen LogP contribution < -0.4 is 0 Å². The topological polar surface area (TPSA) is 82.7 Å². The Labute approximate surface area is 204 Å². The van der Waals surface area contributed by atoms with Crippen LogP contribution in [0.1, 0.15) is 41.7 Å². The Balaban J connectivity index is 1.42. The van der Waals surface area contributed by atoms with Crippen molar-refractivity contribution in [3.63, 3.8) is 0 Å². The van der Waals surface area contributed by atoms with Crippen molar-refractivity contribution in [1.29, 1.82) is 0 Å². The number of aliphatic hydroxyl groups excluding tert-OH is 1. The summed E-state index contributed by atoms with van der Waals surface area (Å²) in [7, 11) is 0. The smallest absolute Gasteiger partial charge is 0.391 e.